The molecule has 0 spiro atoms. The molecule has 2 heterocycles. The van der Waals surface area contributed by atoms with Gasteiger partial charge in [0.15, 0.2) is 10.8 Å². The summed E-state index contributed by atoms with van der Waals surface area (Å²) in [5.74, 6) is -0.402. The van der Waals surface area contributed by atoms with Gasteiger partial charge in [-0.3, -0.25) is 14.6 Å². The Balaban J connectivity index is 1.90. The van der Waals surface area contributed by atoms with Crippen molar-refractivity contribution in [3.8, 4) is 0 Å². The van der Waals surface area contributed by atoms with E-state index in [2.05, 4.69) is 15.3 Å². The topological polar surface area (TPSA) is 72.0 Å². The number of carbonyl (C=O) groups excluding carboxylic acids is 2. The van der Waals surface area contributed by atoms with E-state index in [0.717, 1.165) is 28.0 Å². The molecule has 126 valence electrons. The number of amides is 1. The molecule has 3 rings (SSSR count). The molecule has 1 aromatic carbocycles. The van der Waals surface area contributed by atoms with E-state index in [0.29, 0.717) is 9.88 Å². The summed E-state index contributed by atoms with van der Waals surface area (Å²) in [6.07, 6.45) is 4.84. The molecule has 6 heteroatoms. The fraction of sp³-hybridized carbons (Fsp3) is 0.158. The van der Waals surface area contributed by atoms with Gasteiger partial charge in [0.2, 0.25) is 0 Å². The zero-order chi connectivity index (χ0) is 17.8. The summed E-state index contributed by atoms with van der Waals surface area (Å²) in [5, 5.41) is 3.36. The predicted molar refractivity (Wildman–Crippen MR) is 96.8 cm³/mol. The molecule has 1 N–H and O–H groups in total. The van der Waals surface area contributed by atoms with E-state index in [1.54, 1.807) is 12.4 Å². The highest BCUT2D eigenvalue weighted by molar-refractivity contribution is 7.15. The summed E-state index contributed by atoms with van der Waals surface area (Å²) in [4.78, 5) is 32.5. The van der Waals surface area contributed by atoms with Gasteiger partial charge in [-0.05, 0) is 30.2 Å². The largest absolute Gasteiger partial charge is 0.340 e. The van der Waals surface area contributed by atoms with Crippen LogP contribution in [0.15, 0.2) is 55.0 Å². The lowest BCUT2D eigenvalue weighted by Crippen LogP contribution is -2.28. The monoisotopic (exact) mass is 351 g/mol. The smallest absolute Gasteiger partial charge is 0.263 e. The van der Waals surface area contributed by atoms with Crippen LogP contribution in [-0.4, -0.2) is 21.7 Å². The van der Waals surface area contributed by atoms with E-state index in [9.17, 15) is 9.59 Å². The third-order valence-corrected chi connectivity index (χ3v) is 4.85. The molecule has 1 amide bonds. The Hall–Kier alpha value is -2.86. The summed E-state index contributed by atoms with van der Waals surface area (Å²) >= 11 is 1.10. The number of ketones is 1. The quantitative estimate of drug-likeness (QED) is 0.713. The fourth-order valence-corrected chi connectivity index (χ4v) is 3.13. The molecule has 2 aromatic heterocycles. The summed E-state index contributed by atoms with van der Waals surface area (Å²) in [7, 11) is 0. The molecule has 0 fully saturated rings. The van der Waals surface area contributed by atoms with Gasteiger partial charge in [-0.1, -0.05) is 29.8 Å². The molecule has 0 aliphatic rings. The van der Waals surface area contributed by atoms with Crippen LogP contribution in [0.5, 0.6) is 0 Å². The number of benzene rings is 1. The second-order valence-corrected chi connectivity index (χ2v) is 6.71. The average molecular weight is 351 g/mol. The van der Waals surface area contributed by atoms with Crippen molar-refractivity contribution in [2.45, 2.75) is 19.9 Å². The zero-order valence-electron chi connectivity index (χ0n) is 13.9. The molecule has 0 aliphatic carbocycles. The van der Waals surface area contributed by atoms with Crippen molar-refractivity contribution in [1.82, 2.24) is 15.3 Å². The summed E-state index contributed by atoms with van der Waals surface area (Å²) in [6.45, 7) is 3.46. The van der Waals surface area contributed by atoms with E-state index >= 15 is 0 Å². The fourth-order valence-electron chi connectivity index (χ4n) is 2.42. The van der Waals surface area contributed by atoms with Gasteiger partial charge < -0.3 is 5.32 Å². The Bertz CT molecular complexity index is 889. The minimum Gasteiger partial charge on any atom is -0.340 e. The number of Topliss-reactive ketones (excluding diaryl/α,β-unsaturated/α-hetero) is 1. The maximum Gasteiger partial charge on any atom is 0.263 e. The first kappa shape index (κ1) is 17.0. The first-order valence-corrected chi connectivity index (χ1v) is 8.60. The second kappa shape index (κ2) is 7.36. The van der Waals surface area contributed by atoms with Crippen LogP contribution in [0.2, 0.25) is 0 Å². The van der Waals surface area contributed by atoms with E-state index < -0.39 is 0 Å². The summed E-state index contributed by atoms with van der Waals surface area (Å²) < 4.78 is 0. The number of nitrogens with one attached hydrogen (secondary N) is 1. The Labute approximate surface area is 149 Å². The molecular formula is C19H17N3O2S. The minimum absolute atomic E-state index is 0.145. The highest BCUT2D eigenvalue weighted by Gasteiger charge is 2.20. The van der Waals surface area contributed by atoms with Crippen LogP contribution in [0.4, 0.5) is 0 Å². The highest BCUT2D eigenvalue weighted by Crippen LogP contribution is 2.23. The molecule has 3 aromatic rings. The lowest BCUT2D eigenvalue weighted by Gasteiger charge is -2.19. The number of carbonyl (C=O) groups is 2. The van der Waals surface area contributed by atoms with Crippen molar-refractivity contribution in [2.75, 3.05) is 0 Å². The SMILES string of the molecule is CC(=O)c1ncc(C(=O)NC(c2ccncc2)c2ccc(C)cc2)s1. The Kier molecular flexibility index (Phi) is 5.00. The van der Waals surface area contributed by atoms with Crippen LogP contribution in [0.25, 0.3) is 0 Å². The number of nitrogens with zero attached hydrogens (tertiary/aromatic N) is 2. The molecular weight excluding hydrogens is 334 g/mol. The highest BCUT2D eigenvalue weighted by atomic mass is 32.1. The van der Waals surface area contributed by atoms with Crippen molar-refractivity contribution < 1.29 is 9.59 Å². The van der Waals surface area contributed by atoms with Crippen molar-refractivity contribution in [3.05, 3.63) is 81.6 Å². The summed E-state index contributed by atoms with van der Waals surface area (Å²) in [6, 6.07) is 11.4. The predicted octanol–water partition coefficient (Wildman–Crippen LogP) is 3.57. The molecule has 0 aliphatic heterocycles. The van der Waals surface area contributed by atoms with E-state index in [-0.39, 0.29) is 17.7 Å². The maximum atomic E-state index is 12.6. The molecule has 25 heavy (non-hydrogen) atoms. The van der Waals surface area contributed by atoms with Gasteiger partial charge >= 0.3 is 0 Å². The standard InChI is InChI=1S/C19H17N3O2S/c1-12-3-5-14(6-4-12)17(15-7-9-20-10-8-15)22-18(24)16-11-21-19(25-16)13(2)23/h3-11,17H,1-2H3,(H,22,24). The molecule has 0 bridgehead atoms. The Morgan fingerprint density at radius 2 is 1.68 bits per heavy atom. The van der Waals surface area contributed by atoms with Crippen molar-refractivity contribution in [3.63, 3.8) is 0 Å². The van der Waals surface area contributed by atoms with Gasteiger partial charge in [-0.2, -0.15) is 0 Å². The van der Waals surface area contributed by atoms with Gasteiger partial charge in [0.25, 0.3) is 5.91 Å². The van der Waals surface area contributed by atoms with Gasteiger partial charge in [-0.15, -0.1) is 11.3 Å². The van der Waals surface area contributed by atoms with Crippen LogP contribution in [-0.2, 0) is 0 Å². The van der Waals surface area contributed by atoms with E-state index in [1.165, 1.54) is 13.1 Å². The molecule has 1 unspecified atom stereocenters. The lowest BCUT2D eigenvalue weighted by molar-refractivity contribution is 0.0946. The van der Waals surface area contributed by atoms with Crippen molar-refractivity contribution in [1.29, 1.82) is 0 Å². The first-order valence-electron chi connectivity index (χ1n) is 7.78. The number of rotatable bonds is 5. The first-order chi connectivity index (χ1) is 12.0. The molecule has 1 atom stereocenters. The van der Waals surface area contributed by atoms with Gasteiger partial charge in [0, 0.05) is 19.3 Å². The number of hydrogen-bond donors (Lipinski definition) is 1. The number of hydrogen-bond acceptors (Lipinski definition) is 5. The maximum absolute atomic E-state index is 12.6. The Morgan fingerprint density at radius 3 is 2.28 bits per heavy atom. The van der Waals surface area contributed by atoms with Crippen molar-refractivity contribution in [2.24, 2.45) is 0 Å². The van der Waals surface area contributed by atoms with E-state index in [4.69, 9.17) is 0 Å². The lowest BCUT2D eigenvalue weighted by atomic mass is 9.98. The molecule has 0 saturated heterocycles. The number of aromatic nitrogens is 2. The van der Waals surface area contributed by atoms with Crippen LogP contribution in [0, 0.1) is 6.92 Å². The number of thiazole rings is 1. The van der Waals surface area contributed by atoms with Gasteiger partial charge in [0.1, 0.15) is 4.88 Å². The van der Waals surface area contributed by atoms with Crippen LogP contribution in [0.3, 0.4) is 0 Å². The van der Waals surface area contributed by atoms with E-state index in [1.807, 2.05) is 43.3 Å². The zero-order valence-corrected chi connectivity index (χ0v) is 14.7. The second-order valence-electron chi connectivity index (χ2n) is 5.68. The Morgan fingerprint density at radius 1 is 1.04 bits per heavy atom. The third kappa shape index (κ3) is 3.97. The third-order valence-electron chi connectivity index (χ3n) is 3.76. The normalized spacial score (nSPS) is 11.8. The average Bonchev–Trinajstić information content (AvgIpc) is 3.12. The summed E-state index contributed by atoms with van der Waals surface area (Å²) in [5.41, 5.74) is 3.06. The molecule has 5 nitrogen and oxygen atoms in total. The number of aryl methyl sites for hydroxylation is 1. The van der Waals surface area contributed by atoms with Gasteiger partial charge in [0.05, 0.1) is 12.2 Å². The van der Waals surface area contributed by atoms with Crippen molar-refractivity contribution >= 4 is 23.0 Å². The number of pyridine rings is 1. The van der Waals surface area contributed by atoms with Crippen LogP contribution >= 0.6 is 11.3 Å². The van der Waals surface area contributed by atoms with Crippen LogP contribution < -0.4 is 5.32 Å². The molecule has 0 saturated carbocycles. The minimum atomic E-state index is -0.307. The van der Waals surface area contributed by atoms with Gasteiger partial charge in [-0.25, -0.2) is 4.98 Å². The molecule has 0 radical (unpaired) electrons. The van der Waals surface area contributed by atoms with Crippen LogP contribution in [0.1, 0.15) is 49.1 Å².